The van der Waals surface area contributed by atoms with Crippen molar-refractivity contribution in [3.05, 3.63) is 35.9 Å². The number of hydrogen-bond donors (Lipinski definition) is 3. The molecule has 6 aliphatic rings. The number of aliphatic hydroxyl groups is 3. The van der Waals surface area contributed by atoms with Gasteiger partial charge in [0.1, 0.15) is 29.7 Å². The van der Waals surface area contributed by atoms with E-state index < -0.39 is 71.6 Å². The van der Waals surface area contributed by atoms with Crippen molar-refractivity contribution < 1.29 is 58.1 Å². The molecule has 0 aromatic heterocycles. The zero-order valence-corrected chi connectivity index (χ0v) is 33.0. The van der Waals surface area contributed by atoms with Crippen LogP contribution < -0.4 is 0 Å². The topological polar surface area (TPSA) is 159 Å². The summed E-state index contributed by atoms with van der Waals surface area (Å²) in [5, 5.41) is 36.1. The molecule has 1 aromatic carbocycles. The van der Waals surface area contributed by atoms with E-state index in [-0.39, 0.29) is 47.8 Å². The highest BCUT2D eigenvalue weighted by molar-refractivity contribution is 5.89. The highest BCUT2D eigenvalue weighted by Crippen LogP contribution is 2.71. The molecule has 0 spiro atoms. The number of fused-ring (bicyclic) bond motifs is 5. The van der Waals surface area contributed by atoms with Crippen molar-refractivity contribution in [3.8, 4) is 0 Å². The number of ether oxygens (including phenoxy) is 7. The van der Waals surface area contributed by atoms with E-state index >= 15 is 0 Å². The lowest BCUT2D eigenvalue weighted by atomic mass is 9.40. The quantitative estimate of drug-likeness (QED) is 0.235. The summed E-state index contributed by atoms with van der Waals surface area (Å²) in [6.07, 6.45) is 0.762. The monoisotopic (exact) mass is 758 g/mol. The number of rotatable bonds is 9. The van der Waals surface area contributed by atoms with Crippen molar-refractivity contribution >= 4 is 11.8 Å². The highest BCUT2D eigenvalue weighted by Gasteiger charge is 2.78. The second-order valence-corrected chi connectivity index (χ2v) is 17.7. The fraction of sp³-hybridized carbons (Fsp3) is 0.810. The van der Waals surface area contributed by atoms with E-state index in [0.29, 0.717) is 44.1 Å². The number of aliphatic hydroxyl groups excluding tert-OH is 1. The van der Waals surface area contributed by atoms with E-state index in [4.69, 9.17) is 33.2 Å². The van der Waals surface area contributed by atoms with Gasteiger partial charge in [-0.15, -0.1) is 0 Å². The lowest BCUT2D eigenvalue weighted by Crippen LogP contribution is -2.76. The van der Waals surface area contributed by atoms with E-state index in [9.17, 15) is 24.9 Å². The second-order valence-electron chi connectivity index (χ2n) is 17.7. The molecule has 0 bridgehead atoms. The third kappa shape index (κ3) is 6.49. The van der Waals surface area contributed by atoms with Crippen molar-refractivity contribution in [2.75, 3.05) is 14.2 Å². The molecule has 17 atom stereocenters. The first-order valence-electron chi connectivity index (χ1n) is 20.2. The van der Waals surface area contributed by atoms with Crippen LogP contribution in [0.5, 0.6) is 0 Å². The number of benzene rings is 1. The van der Waals surface area contributed by atoms with Crippen LogP contribution in [0.1, 0.15) is 109 Å². The molecule has 4 saturated carbocycles. The van der Waals surface area contributed by atoms with Crippen LogP contribution in [0.2, 0.25) is 0 Å². The summed E-state index contributed by atoms with van der Waals surface area (Å²) >= 11 is 0. The number of carbonyl (C=O) groups excluding carboxylic acids is 2. The van der Waals surface area contributed by atoms with Gasteiger partial charge in [0.15, 0.2) is 12.6 Å². The molecule has 9 unspecified atom stereocenters. The minimum atomic E-state index is -1.60. The highest BCUT2D eigenvalue weighted by atomic mass is 16.7. The largest absolute Gasteiger partial charge is 0.458 e. The van der Waals surface area contributed by atoms with Gasteiger partial charge in [0.25, 0.3) is 0 Å². The zero-order chi connectivity index (χ0) is 38.8. The maximum atomic E-state index is 13.6. The molecule has 12 nitrogen and oxygen atoms in total. The first-order chi connectivity index (χ1) is 25.6. The van der Waals surface area contributed by atoms with Crippen LogP contribution in [0.15, 0.2) is 30.3 Å². The zero-order valence-electron chi connectivity index (χ0n) is 33.0. The molecule has 7 rings (SSSR count). The Morgan fingerprint density at radius 3 is 2.17 bits per heavy atom. The Balaban J connectivity index is 1.05. The maximum Gasteiger partial charge on any atom is 0.338 e. The SMILES string of the molecule is COC1CC(OC2C(C)OC(O[C@H]3CC[C@]4(C)C5C[C@@H](OC(=O)c6ccccc6)[C@]6(C)[C@@H](C(C)=O)CC[C@]6(O)[C@]5(O)CC[C@H]4C3)CC2OC)OC(C)C1O. The number of methoxy groups -OCH3 is 2. The molecule has 4 aliphatic carbocycles. The molecule has 54 heavy (non-hydrogen) atoms. The molecular formula is C42H62O12. The smallest absolute Gasteiger partial charge is 0.338 e. The first kappa shape index (κ1) is 40.2. The molecule has 2 saturated heterocycles. The van der Waals surface area contributed by atoms with Crippen LogP contribution >= 0.6 is 0 Å². The number of esters is 1. The van der Waals surface area contributed by atoms with Crippen LogP contribution in [0.25, 0.3) is 0 Å². The first-order valence-corrected chi connectivity index (χ1v) is 20.2. The van der Waals surface area contributed by atoms with Crippen LogP contribution in [0.4, 0.5) is 0 Å². The Bertz CT molecular complexity index is 1510. The molecular weight excluding hydrogens is 696 g/mol. The third-order valence-corrected chi connectivity index (χ3v) is 15.3. The Morgan fingerprint density at radius 2 is 1.48 bits per heavy atom. The minimum absolute atomic E-state index is 0.0573. The van der Waals surface area contributed by atoms with Crippen LogP contribution in [0.3, 0.4) is 0 Å². The van der Waals surface area contributed by atoms with Crippen molar-refractivity contribution in [2.45, 2.75) is 171 Å². The van der Waals surface area contributed by atoms with Gasteiger partial charge >= 0.3 is 5.97 Å². The average Bonchev–Trinajstić information content (AvgIpc) is 3.44. The summed E-state index contributed by atoms with van der Waals surface area (Å²) in [6, 6.07) is 8.82. The van der Waals surface area contributed by atoms with E-state index in [1.165, 1.54) is 0 Å². The summed E-state index contributed by atoms with van der Waals surface area (Å²) < 4.78 is 43.2. The molecule has 2 aliphatic heterocycles. The minimum Gasteiger partial charge on any atom is -0.458 e. The van der Waals surface area contributed by atoms with Gasteiger partial charge in [-0.25, -0.2) is 4.79 Å². The molecule has 12 heteroatoms. The van der Waals surface area contributed by atoms with Crippen LogP contribution in [-0.4, -0.2) is 114 Å². The fourth-order valence-corrected chi connectivity index (χ4v) is 12.1. The van der Waals surface area contributed by atoms with Gasteiger partial charge in [-0.05, 0) is 102 Å². The lowest BCUT2D eigenvalue weighted by Gasteiger charge is -2.68. The fourth-order valence-electron chi connectivity index (χ4n) is 12.1. The van der Waals surface area contributed by atoms with Crippen molar-refractivity contribution in [1.29, 1.82) is 0 Å². The maximum absolute atomic E-state index is 13.6. The van der Waals surface area contributed by atoms with Crippen LogP contribution in [-0.2, 0) is 38.0 Å². The lowest BCUT2D eigenvalue weighted by molar-refractivity contribution is -0.329. The second kappa shape index (κ2) is 15.1. The summed E-state index contributed by atoms with van der Waals surface area (Å²) in [4.78, 5) is 26.7. The van der Waals surface area contributed by atoms with Gasteiger partial charge in [0.05, 0.1) is 41.7 Å². The van der Waals surface area contributed by atoms with E-state index in [1.54, 1.807) is 52.3 Å². The molecule has 0 radical (unpaired) electrons. The molecule has 6 fully saturated rings. The Hall–Kier alpha value is -2.00. The standard InChI is InChI=1S/C42H62O12/c1-23(43)29-15-18-42(47)40(29,5)33(53-38(45)26-11-9-8-10-12-26)22-32-39(4)16-14-28(19-27(39)13-17-41(32,42)46)52-34-21-31(49-7)37(25(3)51-34)54-35-20-30(48-6)36(44)24(2)50-35/h8-12,24-25,27-37,44,46-47H,13-22H2,1-7H3/t24?,25?,27-,28-,29+,30?,31?,32?,33+,34?,35?,36?,37?,39-,40-,41-,42+/m0/s1. The van der Waals surface area contributed by atoms with Gasteiger partial charge in [0, 0.05) is 38.4 Å². The number of hydrogen-bond acceptors (Lipinski definition) is 12. The summed E-state index contributed by atoms with van der Waals surface area (Å²) in [5.41, 5.74) is -4.13. The molecule has 3 N–H and O–H groups in total. The predicted molar refractivity (Wildman–Crippen MR) is 195 cm³/mol. The van der Waals surface area contributed by atoms with Gasteiger partial charge in [-0.3, -0.25) is 4.79 Å². The summed E-state index contributed by atoms with van der Waals surface area (Å²) in [7, 11) is 3.24. The van der Waals surface area contributed by atoms with Crippen molar-refractivity contribution in [2.24, 2.45) is 28.6 Å². The van der Waals surface area contributed by atoms with E-state index in [2.05, 4.69) is 6.92 Å². The third-order valence-electron chi connectivity index (χ3n) is 15.3. The number of carbonyl (C=O) groups is 2. The molecule has 0 amide bonds. The number of Topliss-reactive ketones (excluding diaryl/α,β-unsaturated/α-hetero) is 1. The van der Waals surface area contributed by atoms with E-state index in [0.717, 1.165) is 19.3 Å². The van der Waals surface area contributed by atoms with Gasteiger partial charge < -0.3 is 48.5 Å². The Morgan fingerprint density at radius 1 is 0.815 bits per heavy atom. The molecule has 1 aromatic rings. The Kier molecular flexibility index (Phi) is 11.2. The van der Waals surface area contributed by atoms with Gasteiger partial charge in [-0.2, -0.15) is 0 Å². The Labute approximate surface area is 319 Å². The van der Waals surface area contributed by atoms with Crippen LogP contribution in [0, 0.1) is 28.6 Å². The average molecular weight is 759 g/mol. The van der Waals surface area contributed by atoms with Crippen molar-refractivity contribution in [1.82, 2.24) is 0 Å². The van der Waals surface area contributed by atoms with Gasteiger partial charge in [0.2, 0.25) is 0 Å². The number of ketones is 1. The molecule has 2 heterocycles. The van der Waals surface area contributed by atoms with Crippen molar-refractivity contribution in [3.63, 3.8) is 0 Å². The normalized spacial score (nSPS) is 49.0. The predicted octanol–water partition coefficient (Wildman–Crippen LogP) is 4.73. The van der Waals surface area contributed by atoms with Gasteiger partial charge in [-0.1, -0.05) is 32.0 Å². The summed E-state index contributed by atoms with van der Waals surface area (Å²) in [5.74, 6) is -1.25. The van der Waals surface area contributed by atoms with E-state index in [1.807, 2.05) is 19.9 Å². The molecule has 302 valence electrons. The summed E-state index contributed by atoms with van der Waals surface area (Å²) in [6.45, 7) is 9.38.